The first kappa shape index (κ1) is 116. The van der Waals surface area contributed by atoms with Gasteiger partial charge in [-0.2, -0.15) is 0 Å². The zero-order chi connectivity index (χ0) is 77.0. The third-order valence-corrected chi connectivity index (χ3v) is 17.0. The molecule has 0 aromatic carbocycles. The van der Waals surface area contributed by atoms with Crippen LogP contribution in [0.1, 0.15) is 0 Å². The maximum absolute atomic E-state index is 11.9. The second kappa shape index (κ2) is 56.7. The van der Waals surface area contributed by atoms with Crippen LogP contribution in [0.15, 0.2) is 0 Å². The zero-order valence-electron chi connectivity index (χ0n) is 61.2. The van der Waals surface area contributed by atoms with Gasteiger partial charge < -0.3 is 240 Å². The summed E-state index contributed by atoms with van der Waals surface area (Å²) in [7, 11) is 0. The summed E-state index contributed by atoms with van der Waals surface area (Å²) in [5.41, 5.74) is 0. The molecule has 112 heavy (non-hydrogen) atoms. The maximum Gasteiger partial charge on any atom is 1.00 e. The molecule has 0 saturated carbocycles. The average molecular weight is 1810 g/mol. The number of ether oxygens (including phenoxy) is 21. The predicted molar refractivity (Wildman–Crippen MR) is 290 cm³/mol. The number of hydrogen-bond acceptors (Lipinski definition) is 49. The molecule has 0 aromatic rings. The Balaban J connectivity index is 0.00000896. The van der Waals surface area contributed by atoms with E-state index in [0.717, 1.165) is 0 Å². The Bertz CT molecular complexity index is 2340. The van der Waals surface area contributed by atoms with E-state index in [1.807, 2.05) is 0 Å². The molecular weight excluding hydrogens is 1730 g/mol. The molecule has 21 rings (SSSR count). The van der Waals surface area contributed by atoms with Crippen molar-refractivity contribution in [2.45, 2.75) is 215 Å². The van der Waals surface area contributed by atoms with Gasteiger partial charge in [0.2, 0.25) is 0 Å². The van der Waals surface area contributed by atoms with Crippen molar-refractivity contribution in [2.24, 2.45) is 0 Å². The van der Waals surface area contributed by atoms with Gasteiger partial charge in [0.1, 0.15) is 171 Å². The first-order chi connectivity index (χ1) is 49.6. The molecule has 0 spiro atoms. The smallest absolute Gasteiger partial charge is 0.548 e. The second-order valence-electron chi connectivity index (χ2n) is 24.6. The van der Waals surface area contributed by atoms with E-state index in [0.29, 0.717) is 0 Å². The number of carbonyl (C=O) groups excluding carboxylic acids is 7. The molecule has 0 unspecified atom stereocenters. The quantitative estimate of drug-likeness (QED) is 0.0324. The molecule has 21 aliphatic heterocycles. The number of aliphatic carboxylic acids is 7. The Morgan fingerprint density at radius 2 is 0.286 bits per heavy atom. The van der Waals surface area contributed by atoms with Crippen LogP contribution >= 0.6 is 0 Å². The van der Waals surface area contributed by atoms with E-state index in [1.54, 1.807) is 0 Å². The maximum atomic E-state index is 11.9. The van der Waals surface area contributed by atoms with Gasteiger partial charge in [-0.15, -0.1) is 0 Å². The molecule has 35 atom stereocenters. The van der Waals surface area contributed by atoms with Crippen molar-refractivity contribution in [3.63, 3.8) is 0 Å². The van der Waals surface area contributed by atoms with Crippen molar-refractivity contribution in [3.05, 3.63) is 0 Å². The minimum atomic E-state index is -2.51. The summed E-state index contributed by atoms with van der Waals surface area (Å²) in [6, 6.07) is 0. The fraction of sp³-hybridized carbons (Fsp3) is 0.875. The van der Waals surface area contributed by atoms with E-state index >= 15 is 0 Å². The van der Waals surface area contributed by atoms with Crippen LogP contribution in [0.4, 0.5) is 0 Å². The van der Waals surface area contributed by atoms with E-state index in [-0.39, 0.29) is 360 Å². The fourth-order valence-electron chi connectivity index (χ4n) is 12.1. The number of aliphatic hydroxyl groups is 14. The van der Waals surface area contributed by atoms with Crippen molar-refractivity contribution < 1.29 is 600 Å². The summed E-state index contributed by atoms with van der Waals surface area (Å²) in [5, 5.41) is 246. The van der Waals surface area contributed by atoms with Crippen LogP contribution in [0.2, 0.25) is 0 Å². The average Bonchev–Trinajstić information content (AvgIpc) is 0.778. The van der Waals surface area contributed by atoms with Crippen molar-refractivity contribution in [3.8, 4) is 0 Å². The van der Waals surface area contributed by atoms with E-state index < -0.39 is 349 Å². The number of hydrogen-bond donors (Lipinski definition) is 14. The van der Waals surface area contributed by atoms with Gasteiger partial charge in [-0.05, 0) is 0 Å². The summed E-state index contributed by atoms with van der Waals surface area (Å²) < 4.78 is 118. The van der Waals surface area contributed by atoms with Gasteiger partial charge in [-0.3, -0.25) is 0 Å². The summed E-state index contributed by atoms with van der Waals surface area (Å²) in [6.07, 6.45) is -81.0. The molecule has 0 aromatic heterocycles. The molecular formula is C56H77K7O49. The number of rotatable bonds is 28. The van der Waals surface area contributed by atoms with E-state index in [1.165, 1.54) is 0 Å². The van der Waals surface area contributed by atoms with Crippen LogP contribution in [-0.2, 0) is 133 Å². The zero-order valence-corrected chi connectivity index (χ0v) is 83.0. The monoisotopic (exact) mass is 1810 g/mol. The van der Waals surface area contributed by atoms with Crippen LogP contribution in [0.5, 0.6) is 0 Å². The number of carbonyl (C=O) groups is 7. The SMILES string of the molecule is O=C([O-])COC[C@H]1O[C@@H]2O[C@H]3[C@H](O)[C@@H](O)[C@@H](O[C@H]4[C@H](O)[C@@H](O)[C@@H](O[C@H]5[C@H](O)[C@@H](O)[C@@H](O[C@H]6[C@H](O)[C@@H](O)[C@@H](O[C@H]7[C@H](O)[C@@H](O)[C@@H](O[C@H]8[C@H](O)[C@@H](O)[C@@H](O[C@H]1[C@H](O)[C@H]2O)O[C@@H]8COCC(=O)[O-])O[C@@H]7COCC(=O)[O-])O[C@@H]6COCC(=O)[O-])O[C@@H]5COCC(=O)[O-])O[C@@H]4COCC(=O)[O-])O[C@@H]3COCC(=O)[O-].[K+].[K+].[K+].[K+].[K+].[K+].[K+]. The molecule has 56 heteroatoms. The predicted octanol–water partition coefficient (Wildman–Crippen LogP) is -44.8. The van der Waals surface area contributed by atoms with Gasteiger partial charge in [0, 0.05) is 0 Å². The third kappa shape index (κ3) is 33.1. The molecule has 21 fully saturated rings. The topological polar surface area (TPSA) is 758 Å². The first-order valence-corrected chi connectivity index (χ1v) is 31.8. The molecule has 21 saturated heterocycles. The summed E-state index contributed by atoms with van der Waals surface area (Å²) in [4.78, 5) is 80.9. The van der Waals surface area contributed by atoms with Gasteiger partial charge in [-0.25, -0.2) is 0 Å². The molecule has 0 radical (unpaired) electrons. The van der Waals surface area contributed by atoms with Gasteiger partial charge in [0.05, 0.1) is 134 Å². The van der Waals surface area contributed by atoms with Gasteiger partial charge in [0.15, 0.2) is 44.0 Å². The van der Waals surface area contributed by atoms with Crippen LogP contribution in [-0.4, -0.2) is 421 Å². The van der Waals surface area contributed by atoms with E-state index in [4.69, 9.17) is 99.5 Å². The molecule has 14 bridgehead atoms. The van der Waals surface area contributed by atoms with Crippen molar-refractivity contribution in [2.75, 3.05) is 92.5 Å². The molecule has 0 aliphatic carbocycles. The van der Waals surface area contributed by atoms with Crippen LogP contribution in [0.3, 0.4) is 0 Å². The fourth-order valence-corrected chi connectivity index (χ4v) is 12.1. The summed E-state index contributed by atoms with van der Waals surface area (Å²) in [6.45, 7) is -16.1. The molecule has 14 N–H and O–H groups in total. The Morgan fingerprint density at radius 1 is 0.188 bits per heavy atom. The number of carboxylic acid groups (broad SMARTS) is 7. The Kier molecular flexibility index (Phi) is 58.9. The van der Waals surface area contributed by atoms with Crippen molar-refractivity contribution >= 4 is 41.8 Å². The largest absolute Gasteiger partial charge is 1.00 e. The van der Waals surface area contributed by atoms with Crippen molar-refractivity contribution in [1.82, 2.24) is 0 Å². The van der Waals surface area contributed by atoms with Crippen molar-refractivity contribution in [1.29, 1.82) is 0 Å². The minimum absolute atomic E-state index is 0. The van der Waals surface area contributed by atoms with Gasteiger partial charge in [0.25, 0.3) is 0 Å². The van der Waals surface area contributed by atoms with Crippen LogP contribution in [0, 0.1) is 0 Å². The minimum Gasteiger partial charge on any atom is -0.548 e. The molecule has 0 amide bonds. The summed E-state index contributed by atoms with van der Waals surface area (Å²) in [5.74, 6) is -13.1. The summed E-state index contributed by atoms with van der Waals surface area (Å²) >= 11 is 0. The number of aliphatic hydroxyl groups excluding tert-OH is 14. The molecule has 602 valence electrons. The Hall–Kier alpha value is 6.34. The third-order valence-electron chi connectivity index (χ3n) is 17.0. The van der Waals surface area contributed by atoms with E-state index in [9.17, 15) is 141 Å². The second-order valence-corrected chi connectivity index (χ2v) is 24.6. The standard InChI is InChI=1S/C56H84O49.7K/c57-22(58)8-85-1-15-43-29(71)36(78)50(92-15)100-44-16(2-86-9-23(59)60)94-52(38(80)31(44)73)102-46-18(4-88-11-25(63)64)96-54(40(82)33(46)75)104-48-20(6-90-13-27(67)68)98-56(42(84)35(48)77)105-49-21(7-91-14-28(69)70)97-55(41(83)34(49)76)103-47-19(5-89-12-26(65)66)95-53(39(81)32(47)74)101-45-17(3-87-10-24(61)62)93-51(99-43)37(79)30(45)72;;;;;;;/h15-21,29-56,71-84H,1-14H2,(H,57,58)(H,59,60)(H,61,62)(H,63,64)(H,65,66)(H,67,68)(H,69,70);;;;;;;/q;7*+1/p-7/t15-,16-,17-,18-,19-,20-,21-,29-,30-,31-,32-,33-,34-,35-,36-,37-,38-,39-,40-,41-,42-,43-,44-,45-,46-,47-,48-,49-,50-,51-,52-,53-,54-,55-,56-;;;;;;;/m1......./s1. The molecule has 21 aliphatic rings. The molecule has 49 nitrogen and oxygen atoms in total. The first-order valence-electron chi connectivity index (χ1n) is 31.8. The van der Waals surface area contributed by atoms with Gasteiger partial charge >= 0.3 is 360 Å². The number of carboxylic acids is 7. The normalized spacial score (nSPS) is 40.8. The van der Waals surface area contributed by atoms with Crippen LogP contribution < -0.4 is 395 Å². The van der Waals surface area contributed by atoms with Crippen LogP contribution in [0.25, 0.3) is 0 Å². The Morgan fingerprint density at radius 3 is 0.375 bits per heavy atom. The molecule has 21 heterocycles. The van der Waals surface area contributed by atoms with E-state index in [2.05, 4.69) is 0 Å². The van der Waals surface area contributed by atoms with Gasteiger partial charge in [-0.1, -0.05) is 0 Å². The Labute approximate surface area is 930 Å².